The summed E-state index contributed by atoms with van der Waals surface area (Å²) >= 11 is 9.14. The van der Waals surface area contributed by atoms with Gasteiger partial charge in [-0.2, -0.15) is 0 Å². The normalized spacial score (nSPS) is 16.1. The molecule has 19 nitrogen and oxygen atoms in total. The number of hydrogen-bond acceptors (Lipinski definition) is 17. The second-order valence-corrected chi connectivity index (χ2v) is 22.7. The van der Waals surface area contributed by atoms with Crippen molar-refractivity contribution in [3.05, 3.63) is 92.8 Å². The number of aryl methyl sites for hydroxylation is 3. The smallest absolute Gasteiger partial charge is 0.267 e. The molecule has 7 rings (SSSR count). The van der Waals surface area contributed by atoms with Crippen molar-refractivity contribution in [1.29, 1.82) is 0 Å². The molecule has 0 radical (unpaired) electrons. The maximum absolute atomic E-state index is 13.8. The maximum atomic E-state index is 13.8. The molecule has 5 heterocycles. The van der Waals surface area contributed by atoms with Crippen LogP contribution in [-0.2, 0) is 35.1 Å². The van der Waals surface area contributed by atoms with Crippen LogP contribution < -0.4 is 26.2 Å². The molecule has 3 aromatic heterocycles. The number of para-hydroxylation sites is 1. The predicted molar refractivity (Wildman–Crippen MR) is 311 cm³/mol. The summed E-state index contributed by atoms with van der Waals surface area (Å²) in [6.45, 7) is 17.9. The number of piperazine rings is 1. The minimum absolute atomic E-state index is 0.0358. The summed E-state index contributed by atoms with van der Waals surface area (Å²) in [4.78, 5) is 78.9. The van der Waals surface area contributed by atoms with Gasteiger partial charge >= 0.3 is 0 Å². The van der Waals surface area contributed by atoms with E-state index in [9.17, 15) is 24.3 Å². The van der Waals surface area contributed by atoms with E-state index in [1.807, 2.05) is 82.6 Å². The Hall–Kier alpha value is -5.65. The lowest BCUT2D eigenvalue weighted by Crippen LogP contribution is -2.55. The molecule has 0 bridgehead atoms. The van der Waals surface area contributed by atoms with Crippen molar-refractivity contribution in [2.75, 3.05) is 94.4 Å². The lowest BCUT2D eigenvalue weighted by atomic mass is 10.0. The first-order valence-electron chi connectivity index (χ1n) is 27.6. The molecule has 3 atom stereocenters. The largest absolute Gasteiger partial charge is 0.391 e. The van der Waals surface area contributed by atoms with Crippen molar-refractivity contribution in [2.24, 2.45) is 5.92 Å². The zero-order valence-corrected chi connectivity index (χ0v) is 48.7. The monoisotopic (exact) mass is 1140 g/mol. The second kappa shape index (κ2) is 31.4. The lowest BCUT2D eigenvalue weighted by Gasteiger charge is -2.35. The fraction of sp³-hybridized carbons (Fsp3) is 0.544. The van der Waals surface area contributed by atoms with Crippen LogP contribution in [0.5, 0.6) is 0 Å². The zero-order valence-electron chi connectivity index (χ0n) is 46.3. The van der Waals surface area contributed by atoms with Gasteiger partial charge in [0.25, 0.3) is 5.91 Å². The number of rotatable bonds is 31. The van der Waals surface area contributed by atoms with E-state index in [2.05, 4.69) is 46.0 Å². The van der Waals surface area contributed by atoms with Gasteiger partial charge in [0.15, 0.2) is 5.13 Å². The number of ether oxygens (including phenoxy) is 3. The second-order valence-electron chi connectivity index (χ2n) is 20.5. The number of aliphatic hydroxyl groups excluding tert-OH is 1. The van der Waals surface area contributed by atoms with Crippen LogP contribution in [-0.4, -0.2) is 156 Å². The number of carbonyl (C=O) groups is 4. The number of unbranched alkanes of at least 4 members (excludes halogenated alkanes) is 5. The van der Waals surface area contributed by atoms with Crippen molar-refractivity contribution in [3.63, 3.8) is 0 Å². The summed E-state index contributed by atoms with van der Waals surface area (Å²) in [5.74, 6) is 0.757. The van der Waals surface area contributed by atoms with Gasteiger partial charge < -0.3 is 50.4 Å². The molecule has 2 saturated heterocycles. The SMILES string of the molecule is Cc1nc(Nc2ncc(C(=O)Nc3c(C)cccc3Cl)s2)cc(N2CCN(CCCCCCOCCOCCOCCCCCC(=O)N[C@H](C(=O)N3C[C@H](O)C[C@H]3C(=O)NCc3ccc(-c4scnc4C)cc3)C(C)C)CC2)n1. The highest BCUT2D eigenvalue weighted by Gasteiger charge is 2.42. The molecule has 2 aliphatic heterocycles. The first-order valence-corrected chi connectivity index (χ1v) is 29.7. The number of likely N-dealkylation sites (tertiary alicyclic amines) is 1. The van der Waals surface area contributed by atoms with Gasteiger partial charge in [0.1, 0.15) is 34.4 Å². The average molecular weight is 1140 g/mol. The number of aliphatic hydroxyl groups is 1. The van der Waals surface area contributed by atoms with Gasteiger partial charge in [-0.3, -0.25) is 24.1 Å². The van der Waals surface area contributed by atoms with E-state index in [4.69, 9.17) is 30.8 Å². The quantitative estimate of drug-likeness (QED) is 0.0263. The number of thiazole rings is 2. The van der Waals surface area contributed by atoms with Crippen LogP contribution in [0.4, 0.5) is 22.5 Å². The molecule has 0 aliphatic carbocycles. The Morgan fingerprint density at radius 3 is 2.22 bits per heavy atom. The molecule has 2 fully saturated rings. The first-order chi connectivity index (χ1) is 38.2. The van der Waals surface area contributed by atoms with Gasteiger partial charge in [0.2, 0.25) is 17.7 Å². The Labute approximate surface area is 477 Å². The number of aromatic nitrogens is 4. The fourth-order valence-corrected chi connectivity index (χ4v) is 11.3. The van der Waals surface area contributed by atoms with E-state index >= 15 is 0 Å². The maximum Gasteiger partial charge on any atom is 0.267 e. The Kier molecular flexibility index (Phi) is 24.2. The number of carbonyl (C=O) groups excluding carboxylic acids is 4. The molecular formula is C57H78ClN11O8S2. The summed E-state index contributed by atoms with van der Waals surface area (Å²) in [6, 6.07) is 13.7. The molecule has 2 aromatic carbocycles. The lowest BCUT2D eigenvalue weighted by molar-refractivity contribution is -0.142. The fourth-order valence-electron chi connectivity index (χ4n) is 9.50. The van der Waals surface area contributed by atoms with Gasteiger partial charge in [0.05, 0.1) is 65.5 Å². The Balaban J connectivity index is 0.657. The molecule has 0 spiro atoms. The molecular weight excluding hydrogens is 1070 g/mol. The van der Waals surface area contributed by atoms with Crippen LogP contribution in [0.1, 0.15) is 104 Å². The van der Waals surface area contributed by atoms with Crippen LogP contribution in [0.3, 0.4) is 0 Å². The number of nitrogens with zero attached hydrogens (tertiary/aromatic N) is 7. The van der Waals surface area contributed by atoms with Crippen LogP contribution in [0.25, 0.3) is 10.4 Å². The number of benzene rings is 2. The Bertz CT molecular complexity index is 2720. The number of hydrogen-bond donors (Lipinski definition) is 5. The number of halogens is 1. The molecule has 79 heavy (non-hydrogen) atoms. The van der Waals surface area contributed by atoms with Gasteiger partial charge in [-0.25, -0.2) is 19.9 Å². The molecule has 428 valence electrons. The highest BCUT2D eigenvalue weighted by Crippen LogP contribution is 2.30. The summed E-state index contributed by atoms with van der Waals surface area (Å²) in [7, 11) is 0. The number of nitrogens with one attached hydrogen (secondary N) is 4. The molecule has 22 heteroatoms. The van der Waals surface area contributed by atoms with Crippen molar-refractivity contribution >= 4 is 80.4 Å². The zero-order chi connectivity index (χ0) is 56.1. The van der Waals surface area contributed by atoms with Gasteiger partial charge in [-0.05, 0) is 81.7 Å². The number of amides is 4. The molecule has 0 unspecified atom stereocenters. The summed E-state index contributed by atoms with van der Waals surface area (Å²) in [5.41, 5.74) is 6.25. The summed E-state index contributed by atoms with van der Waals surface area (Å²) in [5, 5.41) is 23.6. The molecule has 5 N–H and O–H groups in total. The number of β-amino-alcohol motifs (C(OH)–C–C–N with tert-alkyl or cyclic N) is 1. The third-order valence-corrected chi connectivity index (χ3v) is 16.1. The summed E-state index contributed by atoms with van der Waals surface area (Å²) in [6.07, 6.45) is 7.84. The van der Waals surface area contributed by atoms with E-state index in [0.717, 1.165) is 111 Å². The topological polar surface area (TPSA) is 226 Å². The number of anilines is 4. The predicted octanol–water partition coefficient (Wildman–Crippen LogP) is 8.34. The summed E-state index contributed by atoms with van der Waals surface area (Å²) < 4.78 is 17.2. The molecule has 2 aliphatic rings. The highest BCUT2D eigenvalue weighted by atomic mass is 35.5. The van der Waals surface area contributed by atoms with E-state index in [0.29, 0.717) is 71.8 Å². The standard InChI is InChI=1S/C57H78ClN11O8S2/c1-38(2)51(56(74)69-36-44(70)32-46(69)54(72)59-34-42-17-19-43(20-18-42)53-40(4)61-37-78-53)65-50(71)16-9-8-12-27-76-29-31-77-30-28-75-26-11-7-6-10-21-67-22-24-68(25-23-67)49-33-48(62-41(5)63-49)64-57-60-35-47(79-57)55(73)66-52-39(3)14-13-15-45(52)58/h13-15,17-20,33,35,37-38,44,46,51,70H,6-12,16,21-32,34,36H2,1-5H3,(H,59,72)(H,65,71)(H,66,73)(H,60,62,63,64)/t44-,46+,51+/m1/s1. The van der Waals surface area contributed by atoms with Crippen molar-refractivity contribution < 1.29 is 38.5 Å². The van der Waals surface area contributed by atoms with Crippen molar-refractivity contribution in [1.82, 2.24) is 40.4 Å². The third-order valence-electron chi connectivity index (χ3n) is 13.9. The molecule has 0 saturated carbocycles. The van der Waals surface area contributed by atoms with E-state index in [1.165, 1.54) is 16.2 Å². The molecule has 5 aromatic rings. The van der Waals surface area contributed by atoms with Crippen molar-refractivity contribution in [2.45, 2.75) is 117 Å². The minimum Gasteiger partial charge on any atom is -0.391 e. The first kappa shape index (κ1) is 61.0. The Morgan fingerprint density at radius 1 is 0.835 bits per heavy atom. The van der Waals surface area contributed by atoms with Crippen LogP contribution in [0, 0.1) is 26.7 Å². The highest BCUT2D eigenvalue weighted by molar-refractivity contribution is 7.17. The van der Waals surface area contributed by atoms with Gasteiger partial charge in [0, 0.05) is 71.4 Å². The van der Waals surface area contributed by atoms with Crippen LogP contribution in [0.15, 0.2) is 60.2 Å². The van der Waals surface area contributed by atoms with E-state index < -0.39 is 18.2 Å². The van der Waals surface area contributed by atoms with Gasteiger partial charge in [-0.15, -0.1) is 11.3 Å². The minimum atomic E-state index is -0.828. The molecule has 4 amide bonds. The van der Waals surface area contributed by atoms with E-state index in [-0.39, 0.29) is 55.5 Å². The van der Waals surface area contributed by atoms with E-state index in [1.54, 1.807) is 23.6 Å². The van der Waals surface area contributed by atoms with Crippen LogP contribution in [0.2, 0.25) is 5.02 Å². The van der Waals surface area contributed by atoms with Gasteiger partial charge in [-0.1, -0.05) is 92.4 Å². The third kappa shape index (κ3) is 19.0. The average Bonchev–Trinajstić information content (AvgIpc) is 4.28. The Morgan fingerprint density at radius 2 is 1.53 bits per heavy atom. The van der Waals surface area contributed by atoms with Crippen molar-refractivity contribution in [3.8, 4) is 10.4 Å². The van der Waals surface area contributed by atoms with Crippen LogP contribution >= 0.6 is 34.3 Å².